The second-order valence-electron chi connectivity index (χ2n) is 5.55. The average Bonchev–Trinajstić information content (AvgIpc) is 2.94. The molecule has 2 atom stereocenters. The van der Waals surface area contributed by atoms with Crippen LogP contribution in [0.5, 0.6) is 0 Å². The second-order valence-corrected chi connectivity index (χ2v) is 5.55. The van der Waals surface area contributed by atoms with E-state index < -0.39 is 23.9 Å². The molecule has 1 N–H and O–H groups in total. The van der Waals surface area contributed by atoms with Crippen molar-refractivity contribution < 1.29 is 23.2 Å². The molecule has 1 aliphatic heterocycles. The van der Waals surface area contributed by atoms with E-state index in [4.69, 9.17) is 9.26 Å². The van der Waals surface area contributed by atoms with Crippen molar-refractivity contribution in [3.8, 4) is 0 Å². The van der Waals surface area contributed by atoms with Crippen molar-refractivity contribution in [2.24, 2.45) is 0 Å². The first-order chi connectivity index (χ1) is 11.5. The van der Waals surface area contributed by atoms with E-state index in [1.54, 1.807) is 26.1 Å². The van der Waals surface area contributed by atoms with Gasteiger partial charge in [0.05, 0.1) is 6.04 Å². The number of aromatic nitrogens is 1. The molecule has 0 radical (unpaired) electrons. The van der Waals surface area contributed by atoms with E-state index in [2.05, 4.69) is 10.5 Å². The SMILES string of the molecule is Cc1cc(NC(=O)[C@@H]2OCC(=O)N(C)[C@@H]2c2cccc(F)c2)no1. The molecule has 1 aliphatic rings. The summed E-state index contributed by atoms with van der Waals surface area (Å²) in [5.41, 5.74) is 0.474. The van der Waals surface area contributed by atoms with Gasteiger partial charge in [0, 0.05) is 13.1 Å². The minimum atomic E-state index is -0.994. The zero-order chi connectivity index (χ0) is 17.3. The van der Waals surface area contributed by atoms with Gasteiger partial charge in [0.25, 0.3) is 5.91 Å². The molecule has 1 saturated heterocycles. The summed E-state index contributed by atoms with van der Waals surface area (Å²) in [5, 5.41) is 6.28. The topological polar surface area (TPSA) is 84.7 Å². The van der Waals surface area contributed by atoms with Crippen LogP contribution in [0.25, 0.3) is 0 Å². The number of halogens is 1. The van der Waals surface area contributed by atoms with Crippen LogP contribution in [0.1, 0.15) is 17.4 Å². The van der Waals surface area contributed by atoms with Crippen LogP contribution in [-0.4, -0.2) is 41.6 Å². The maximum Gasteiger partial charge on any atom is 0.257 e. The lowest BCUT2D eigenvalue weighted by Gasteiger charge is -2.38. The predicted molar refractivity (Wildman–Crippen MR) is 81.5 cm³/mol. The fraction of sp³-hybridized carbons (Fsp3) is 0.312. The van der Waals surface area contributed by atoms with E-state index in [1.807, 2.05) is 0 Å². The Morgan fingerprint density at radius 1 is 1.42 bits per heavy atom. The van der Waals surface area contributed by atoms with Gasteiger partial charge in [-0.3, -0.25) is 9.59 Å². The number of ether oxygens (including phenoxy) is 1. The summed E-state index contributed by atoms with van der Waals surface area (Å²) >= 11 is 0. The molecule has 2 amide bonds. The molecular weight excluding hydrogens is 317 g/mol. The van der Waals surface area contributed by atoms with Crippen LogP contribution in [0.15, 0.2) is 34.9 Å². The number of amides is 2. The molecule has 7 nitrogen and oxygen atoms in total. The predicted octanol–water partition coefficient (Wildman–Crippen LogP) is 1.66. The first kappa shape index (κ1) is 16.1. The number of rotatable bonds is 3. The van der Waals surface area contributed by atoms with Crippen LogP contribution < -0.4 is 5.32 Å². The Hall–Kier alpha value is -2.74. The number of nitrogens with one attached hydrogen (secondary N) is 1. The first-order valence-corrected chi connectivity index (χ1v) is 7.32. The zero-order valence-electron chi connectivity index (χ0n) is 13.2. The molecule has 8 heteroatoms. The lowest BCUT2D eigenvalue weighted by atomic mass is 9.97. The highest BCUT2D eigenvalue weighted by Crippen LogP contribution is 2.30. The van der Waals surface area contributed by atoms with Gasteiger partial charge in [0.15, 0.2) is 11.9 Å². The van der Waals surface area contributed by atoms with Crippen molar-refractivity contribution in [1.29, 1.82) is 0 Å². The molecule has 3 rings (SSSR count). The number of likely N-dealkylation sites (N-methyl/N-ethyl adjacent to an activating group) is 1. The van der Waals surface area contributed by atoms with Crippen LogP contribution in [-0.2, 0) is 14.3 Å². The number of carbonyl (C=O) groups is 2. The molecule has 0 bridgehead atoms. The lowest BCUT2D eigenvalue weighted by molar-refractivity contribution is -0.160. The Morgan fingerprint density at radius 3 is 2.88 bits per heavy atom. The number of hydrogen-bond acceptors (Lipinski definition) is 5. The third-order valence-corrected chi connectivity index (χ3v) is 3.81. The number of carbonyl (C=O) groups excluding carboxylic acids is 2. The van der Waals surface area contributed by atoms with Crippen molar-refractivity contribution in [2.75, 3.05) is 19.0 Å². The number of benzene rings is 1. The van der Waals surface area contributed by atoms with Crippen molar-refractivity contribution >= 4 is 17.6 Å². The number of anilines is 1. The summed E-state index contributed by atoms with van der Waals surface area (Å²) < 4.78 is 23.9. The Bertz CT molecular complexity index is 776. The molecule has 0 saturated carbocycles. The number of hydrogen-bond donors (Lipinski definition) is 1. The van der Waals surface area contributed by atoms with Gasteiger partial charge >= 0.3 is 0 Å². The molecule has 2 aromatic rings. The standard InChI is InChI=1S/C16H16FN3O4/c1-9-6-12(19-24-9)18-16(22)15-14(20(2)13(21)8-23-15)10-4-3-5-11(17)7-10/h3-7,14-15H,8H2,1-2H3,(H,18,19,22)/t14-,15-/m1/s1. The molecule has 0 unspecified atom stereocenters. The minimum absolute atomic E-state index is 0.224. The largest absolute Gasteiger partial charge is 0.360 e. The third kappa shape index (κ3) is 3.13. The summed E-state index contributed by atoms with van der Waals surface area (Å²) in [6, 6.07) is 6.56. The molecular formula is C16H16FN3O4. The quantitative estimate of drug-likeness (QED) is 0.923. The minimum Gasteiger partial charge on any atom is -0.360 e. The van der Waals surface area contributed by atoms with E-state index in [0.717, 1.165) is 0 Å². The molecule has 1 aromatic carbocycles. The van der Waals surface area contributed by atoms with E-state index in [-0.39, 0.29) is 18.3 Å². The van der Waals surface area contributed by atoms with Crippen molar-refractivity contribution in [1.82, 2.24) is 10.1 Å². The third-order valence-electron chi connectivity index (χ3n) is 3.81. The van der Waals surface area contributed by atoms with Gasteiger partial charge in [-0.2, -0.15) is 0 Å². The molecule has 0 aliphatic carbocycles. The van der Waals surface area contributed by atoms with E-state index in [1.165, 1.54) is 23.1 Å². The number of morpholine rings is 1. The second kappa shape index (κ2) is 6.40. The Balaban J connectivity index is 1.88. The fourth-order valence-corrected chi connectivity index (χ4v) is 2.64. The van der Waals surface area contributed by atoms with E-state index in [0.29, 0.717) is 11.3 Å². The Kier molecular flexibility index (Phi) is 4.30. The van der Waals surface area contributed by atoms with Crippen molar-refractivity contribution in [3.63, 3.8) is 0 Å². The van der Waals surface area contributed by atoms with Crippen LogP contribution in [0.4, 0.5) is 10.2 Å². The zero-order valence-corrected chi connectivity index (χ0v) is 13.2. The Labute approximate surface area is 137 Å². The van der Waals surface area contributed by atoms with Gasteiger partial charge in [0.1, 0.15) is 18.2 Å². The molecule has 1 fully saturated rings. The first-order valence-electron chi connectivity index (χ1n) is 7.32. The van der Waals surface area contributed by atoms with Crippen LogP contribution in [0.3, 0.4) is 0 Å². The summed E-state index contributed by atoms with van der Waals surface area (Å²) in [4.78, 5) is 25.9. The maximum atomic E-state index is 13.6. The van der Waals surface area contributed by atoms with Gasteiger partial charge in [-0.25, -0.2) is 4.39 Å². The summed E-state index contributed by atoms with van der Waals surface area (Å²) in [5.74, 6) is -0.435. The fourth-order valence-electron chi connectivity index (χ4n) is 2.64. The lowest BCUT2D eigenvalue weighted by Crippen LogP contribution is -2.51. The van der Waals surface area contributed by atoms with Gasteiger partial charge in [-0.15, -0.1) is 0 Å². The van der Waals surface area contributed by atoms with Crippen molar-refractivity contribution in [2.45, 2.75) is 19.1 Å². The highest BCUT2D eigenvalue weighted by atomic mass is 19.1. The summed E-state index contributed by atoms with van der Waals surface area (Å²) in [7, 11) is 1.56. The van der Waals surface area contributed by atoms with Gasteiger partial charge in [-0.05, 0) is 24.6 Å². The highest BCUT2D eigenvalue weighted by Gasteiger charge is 2.40. The van der Waals surface area contributed by atoms with Crippen LogP contribution in [0.2, 0.25) is 0 Å². The molecule has 0 spiro atoms. The van der Waals surface area contributed by atoms with Gasteiger partial charge < -0.3 is 19.5 Å². The highest BCUT2D eigenvalue weighted by molar-refractivity contribution is 5.95. The number of aryl methyl sites for hydroxylation is 1. The summed E-state index contributed by atoms with van der Waals surface area (Å²) in [6.07, 6.45) is -0.994. The molecule has 1 aromatic heterocycles. The van der Waals surface area contributed by atoms with Crippen LogP contribution in [0, 0.1) is 12.7 Å². The van der Waals surface area contributed by atoms with Crippen LogP contribution >= 0.6 is 0 Å². The van der Waals surface area contributed by atoms with E-state index >= 15 is 0 Å². The monoisotopic (exact) mass is 333 g/mol. The van der Waals surface area contributed by atoms with E-state index in [9.17, 15) is 14.0 Å². The smallest absolute Gasteiger partial charge is 0.257 e. The van der Waals surface area contributed by atoms with Gasteiger partial charge in [-0.1, -0.05) is 17.3 Å². The number of nitrogens with zero attached hydrogens (tertiary/aromatic N) is 2. The normalized spacial score (nSPS) is 21.0. The average molecular weight is 333 g/mol. The van der Waals surface area contributed by atoms with Crippen molar-refractivity contribution in [3.05, 3.63) is 47.5 Å². The summed E-state index contributed by atoms with van der Waals surface area (Å²) in [6.45, 7) is 1.47. The maximum absolute atomic E-state index is 13.6. The molecule has 24 heavy (non-hydrogen) atoms. The van der Waals surface area contributed by atoms with Gasteiger partial charge in [0.2, 0.25) is 5.91 Å². The molecule has 2 heterocycles. The Morgan fingerprint density at radius 2 is 2.21 bits per heavy atom. The molecule has 126 valence electrons.